The zero-order valence-electron chi connectivity index (χ0n) is 14.7. The van der Waals surface area contributed by atoms with E-state index in [1.54, 1.807) is 0 Å². The van der Waals surface area contributed by atoms with E-state index >= 15 is 0 Å². The van der Waals surface area contributed by atoms with Crippen molar-refractivity contribution in [2.75, 3.05) is 0 Å². The zero-order valence-corrected chi connectivity index (χ0v) is 14.7. The van der Waals surface area contributed by atoms with Crippen molar-refractivity contribution < 1.29 is 0 Å². The van der Waals surface area contributed by atoms with E-state index in [4.69, 9.17) is 4.98 Å². The second-order valence-electron chi connectivity index (χ2n) is 6.63. The van der Waals surface area contributed by atoms with E-state index in [1.165, 1.54) is 27.8 Å². The van der Waals surface area contributed by atoms with Gasteiger partial charge in [0.2, 0.25) is 0 Å². The molecule has 0 radical (unpaired) electrons. The maximum Gasteiger partial charge on any atom is 0.114 e. The van der Waals surface area contributed by atoms with E-state index < -0.39 is 0 Å². The molecule has 3 aromatic carbocycles. The number of hydrogen-bond donors (Lipinski definition) is 0. The van der Waals surface area contributed by atoms with E-state index in [0.717, 1.165) is 24.3 Å². The molecule has 0 spiro atoms. The first-order valence-electron chi connectivity index (χ1n) is 8.75. The normalized spacial score (nSPS) is 11.1. The second-order valence-corrected chi connectivity index (χ2v) is 6.63. The molecule has 1 aromatic heterocycles. The van der Waals surface area contributed by atoms with Crippen LogP contribution in [0.25, 0.3) is 11.0 Å². The van der Waals surface area contributed by atoms with Crippen LogP contribution in [0, 0.1) is 13.8 Å². The Balaban J connectivity index is 1.81. The number of aryl methyl sites for hydroxylation is 2. The molecule has 0 saturated heterocycles. The van der Waals surface area contributed by atoms with E-state index in [2.05, 4.69) is 91.2 Å². The topological polar surface area (TPSA) is 17.8 Å². The number of nitrogens with zero attached hydrogens (tertiary/aromatic N) is 2. The molecule has 1 heterocycles. The molecule has 0 fully saturated rings. The molecule has 25 heavy (non-hydrogen) atoms. The van der Waals surface area contributed by atoms with Crippen LogP contribution in [-0.2, 0) is 13.0 Å². The van der Waals surface area contributed by atoms with Gasteiger partial charge in [0.15, 0.2) is 0 Å². The van der Waals surface area contributed by atoms with Crippen molar-refractivity contribution in [1.29, 1.82) is 0 Å². The molecule has 0 saturated carbocycles. The van der Waals surface area contributed by atoms with Crippen LogP contribution in [-0.4, -0.2) is 9.55 Å². The highest BCUT2D eigenvalue weighted by molar-refractivity contribution is 5.76. The SMILES string of the molecule is Cc1ccccc1Cc1nc2ccccc2n1Cc1ccccc1C. The third kappa shape index (κ3) is 3.08. The van der Waals surface area contributed by atoms with Gasteiger partial charge in [0.05, 0.1) is 11.0 Å². The number of benzene rings is 3. The second kappa shape index (κ2) is 6.56. The summed E-state index contributed by atoms with van der Waals surface area (Å²) in [5.74, 6) is 1.12. The van der Waals surface area contributed by atoms with Crippen molar-refractivity contribution >= 4 is 11.0 Å². The van der Waals surface area contributed by atoms with Crippen LogP contribution < -0.4 is 0 Å². The average Bonchev–Trinajstić information content (AvgIpc) is 2.96. The fraction of sp³-hybridized carbons (Fsp3) is 0.174. The summed E-state index contributed by atoms with van der Waals surface area (Å²) >= 11 is 0. The number of rotatable bonds is 4. The molecular weight excluding hydrogens is 304 g/mol. The summed E-state index contributed by atoms with van der Waals surface area (Å²) in [6.45, 7) is 5.20. The summed E-state index contributed by atoms with van der Waals surface area (Å²) in [5, 5.41) is 0. The Bertz CT molecular complexity index is 1030. The number of imidazole rings is 1. The Morgan fingerprint density at radius 1 is 0.720 bits per heavy atom. The van der Waals surface area contributed by atoms with Crippen molar-refractivity contribution in [3.05, 3.63) is 101 Å². The molecule has 0 aliphatic carbocycles. The summed E-state index contributed by atoms with van der Waals surface area (Å²) in [4.78, 5) is 4.94. The molecule has 2 nitrogen and oxygen atoms in total. The summed E-state index contributed by atoms with van der Waals surface area (Å²) < 4.78 is 2.37. The third-order valence-electron chi connectivity index (χ3n) is 4.93. The monoisotopic (exact) mass is 326 g/mol. The molecule has 4 rings (SSSR count). The molecule has 0 bridgehead atoms. The molecule has 0 aliphatic heterocycles. The van der Waals surface area contributed by atoms with Crippen LogP contribution in [0.4, 0.5) is 0 Å². The Morgan fingerprint density at radius 2 is 1.32 bits per heavy atom. The highest BCUT2D eigenvalue weighted by Crippen LogP contribution is 2.22. The molecular formula is C23H22N2. The van der Waals surface area contributed by atoms with Gasteiger partial charge in [0, 0.05) is 13.0 Å². The molecule has 0 amide bonds. The van der Waals surface area contributed by atoms with Gasteiger partial charge in [-0.25, -0.2) is 4.98 Å². The summed E-state index contributed by atoms with van der Waals surface area (Å²) in [5.41, 5.74) is 7.59. The van der Waals surface area contributed by atoms with Gasteiger partial charge in [-0.1, -0.05) is 60.7 Å². The van der Waals surface area contributed by atoms with Crippen LogP contribution in [0.3, 0.4) is 0 Å². The van der Waals surface area contributed by atoms with Gasteiger partial charge in [-0.3, -0.25) is 0 Å². The van der Waals surface area contributed by atoms with Crippen molar-refractivity contribution in [3.8, 4) is 0 Å². The van der Waals surface area contributed by atoms with Crippen LogP contribution in [0.1, 0.15) is 28.1 Å². The van der Waals surface area contributed by atoms with Gasteiger partial charge >= 0.3 is 0 Å². The van der Waals surface area contributed by atoms with Crippen LogP contribution in [0.2, 0.25) is 0 Å². The lowest BCUT2D eigenvalue weighted by Crippen LogP contribution is -2.07. The van der Waals surface area contributed by atoms with Crippen LogP contribution in [0.15, 0.2) is 72.8 Å². The number of hydrogen-bond acceptors (Lipinski definition) is 1. The molecule has 0 aliphatic rings. The van der Waals surface area contributed by atoms with Crippen molar-refractivity contribution in [2.24, 2.45) is 0 Å². The van der Waals surface area contributed by atoms with Gasteiger partial charge in [0.1, 0.15) is 5.82 Å². The van der Waals surface area contributed by atoms with E-state index in [1.807, 2.05) is 0 Å². The van der Waals surface area contributed by atoms with Gasteiger partial charge in [0.25, 0.3) is 0 Å². The first-order chi connectivity index (χ1) is 12.2. The van der Waals surface area contributed by atoms with E-state index in [9.17, 15) is 0 Å². The molecule has 4 aromatic rings. The Kier molecular flexibility index (Phi) is 4.10. The predicted octanol–water partition coefficient (Wildman–Crippen LogP) is 5.29. The van der Waals surface area contributed by atoms with Gasteiger partial charge in [-0.15, -0.1) is 0 Å². The summed E-state index contributed by atoms with van der Waals surface area (Å²) in [6.07, 6.45) is 0.854. The number of aromatic nitrogens is 2. The number of para-hydroxylation sites is 2. The Morgan fingerprint density at radius 3 is 2.04 bits per heavy atom. The highest BCUT2D eigenvalue weighted by atomic mass is 15.1. The third-order valence-corrected chi connectivity index (χ3v) is 4.93. The lowest BCUT2D eigenvalue weighted by atomic mass is 10.1. The summed E-state index contributed by atoms with van der Waals surface area (Å²) in [6, 6.07) is 25.6. The highest BCUT2D eigenvalue weighted by Gasteiger charge is 2.13. The first-order valence-corrected chi connectivity index (χ1v) is 8.75. The summed E-state index contributed by atoms with van der Waals surface area (Å²) in [7, 11) is 0. The van der Waals surface area contributed by atoms with Crippen molar-refractivity contribution in [2.45, 2.75) is 26.8 Å². The Labute approximate surface area is 148 Å². The first kappa shape index (κ1) is 15.6. The van der Waals surface area contributed by atoms with E-state index in [-0.39, 0.29) is 0 Å². The van der Waals surface area contributed by atoms with E-state index in [0.29, 0.717) is 0 Å². The smallest absolute Gasteiger partial charge is 0.114 e. The average molecular weight is 326 g/mol. The molecule has 124 valence electrons. The molecule has 0 N–H and O–H groups in total. The van der Waals surface area contributed by atoms with Crippen molar-refractivity contribution in [3.63, 3.8) is 0 Å². The fourth-order valence-electron chi connectivity index (χ4n) is 3.37. The zero-order chi connectivity index (χ0) is 17.2. The van der Waals surface area contributed by atoms with Crippen LogP contribution >= 0.6 is 0 Å². The molecule has 0 unspecified atom stereocenters. The van der Waals surface area contributed by atoms with Crippen LogP contribution in [0.5, 0.6) is 0 Å². The minimum atomic E-state index is 0.854. The van der Waals surface area contributed by atoms with Gasteiger partial charge in [-0.2, -0.15) is 0 Å². The lowest BCUT2D eigenvalue weighted by Gasteiger charge is -2.12. The molecule has 2 heteroatoms. The quantitative estimate of drug-likeness (QED) is 0.498. The Hall–Kier alpha value is -2.87. The minimum Gasteiger partial charge on any atom is -0.323 e. The number of fused-ring (bicyclic) bond motifs is 1. The minimum absolute atomic E-state index is 0.854. The van der Waals surface area contributed by atoms with Gasteiger partial charge < -0.3 is 4.57 Å². The lowest BCUT2D eigenvalue weighted by molar-refractivity contribution is 0.757. The van der Waals surface area contributed by atoms with Crippen molar-refractivity contribution in [1.82, 2.24) is 9.55 Å². The fourth-order valence-corrected chi connectivity index (χ4v) is 3.37. The standard InChI is InChI=1S/C23H22N2/c1-17-9-3-5-11-19(17)15-23-24-21-13-7-8-14-22(21)25(23)16-20-12-6-4-10-18(20)2/h3-14H,15-16H2,1-2H3. The predicted molar refractivity (Wildman–Crippen MR) is 104 cm³/mol. The maximum atomic E-state index is 4.94. The largest absolute Gasteiger partial charge is 0.323 e. The molecule has 0 atom stereocenters. The van der Waals surface area contributed by atoms with Gasteiger partial charge in [-0.05, 0) is 48.2 Å². The maximum absolute atomic E-state index is 4.94.